The van der Waals surface area contributed by atoms with Gasteiger partial charge in [-0.25, -0.2) is 4.21 Å². The Kier molecular flexibility index (Phi) is 2.04. The molecule has 3 heteroatoms. The molecule has 1 rings (SSSR count). The Balaban J connectivity index is 2.51. The van der Waals surface area contributed by atoms with Crippen molar-refractivity contribution in [3.8, 4) is 0 Å². The maximum absolute atomic E-state index is 11.4. The van der Waals surface area contributed by atoms with Crippen LogP contribution in [0.3, 0.4) is 0 Å². The molecule has 0 heterocycles. The molecule has 1 fully saturated rings. The zero-order valence-corrected chi connectivity index (χ0v) is 7.41. The summed E-state index contributed by atoms with van der Waals surface area (Å²) < 4.78 is 18.9. The topological polar surface area (TPSA) is 40.9 Å². The lowest BCUT2D eigenvalue weighted by Gasteiger charge is -2.07. The van der Waals surface area contributed by atoms with Gasteiger partial charge < -0.3 is 0 Å². The lowest BCUT2D eigenvalue weighted by molar-refractivity contribution is 0.654. The van der Waals surface area contributed by atoms with E-state index in [1.54, 1.807) is 0 Å². The molecule has 2 nitrogen and oxygen atoms in total. The monoisotopic (exact) mass is 161 g/mol. The van der Waals surface area contributed by atoms with Crippen LogP contribution in [0.4, 0.5) is 0 Å². The summed E-state index contributed by atoms with van der Waals surface area (Å²) in [6, 6.07) is 0. The molecule has 60 valence electrons. The minimum atomic E-state index is -2.19. The summed E-state index contributed by atoms with van der Waals surface area (Å²) in [5.74, 6) is 1.00. The molecule has 1 aliphatic rings. The Hall–Kier alpha value is -0.0500. The van der Waals surface area contributed by atoms with Crippen LogP contribution < -0.4 is 0 Å². The quantitative estimate of drug-likeness (QED) is 0.674. The lowest BCUT2D eigenvalue weighted by Crippen LogP contribution is -2.14. The predicted molar refractivity (Wildman–Crippen MR) is 43.6 cm³/mol. The fraction of sp³-hybridized carbons (Fsp3) is 1.00. The Morgan fingerprint density at radius 3 is 2.40 bits per heavy atom. The maximum atomic E-state index is 11.4. The number of hydrogen-bond donors (Lipinski definition) is 1. The number of rotatable bonds is 3. The standard InChI is InChI=1S/C7H15NOS/c1-6(2)5-10(8,9)7-3-4-7/h6-8H,3-5H2,1-2H3/t10-/m1/s1. The van der Waals surface area contributed by atoms with E-state index >= 15 is 0 Å². The summed E-state index contributed by atoms with van der Waals surface area (Å²) in [5, 5.41) is 0.245. The molecule has 0 radical (unpaired) electrons. The summed E-state index contributed by atoms with van der Waals surface area (Å²) in [6.07, 6.45) is 2.05. The molecule has 0 aliphatic heterocycles. The second-order valence-corrected chi connectivity index (χ2v) is 5.94. The summed E-state index contributed by atoms with van der Waals surface area (Å²) in [7, 11) is -2.19. The normalized spacial score (nSPS) is 24.7. The van der Waals surface area contributed by atoms with Crippen LogP contribution in [-0.2, 0) is 9.73 Å². The first-order chi connectivity index (χ1) is 4.52. The van der Waals surface area contributed by atoms with Gasteiger partial charge in [0.1, 0.15) is 0 Å². The average Bonchev–Trinajstić information content (AvgIpc) is 2.35. The molecule has 0 aromatic heterocycles. The van der Waals surface area contributed by atoms with Crippen molar-refractivity contribution < 1.29 is 4.21 Å². The Morgan fingerprint density at radius 2 is 2.10 bits per heavy atom. The molecule has 0 spiro atoms. The highest BCUT2D eigenvalue weighted by Gasteiger charge is 2.32. The van der Waals surface area contributed by atoms with Crippen molar-refractivity contribution in [2.45, 2.75) is 31.9 Å². The minimum absolute atomic E-state index is 0.245. The van der Waals surface area contributed by atoms with Crippen LogP contribution in [0.2, 0.25) is 0 Å². The van der Waals surface area contributed by atoms with Gasteiger partial charge in [-0.3, -0.25) is 4.78 Å². The van der Waals surface area contributed by atoms with E-state index in [9.17, 15) is 4.21 Å². The molecule has 0 unspecified atom stereocenters. The van der Waals surface area contributed by atoms with Gasteiger partial charge in [0.15, 0.2) is 0 Å². The highest BCUT2D eigenvalue weighted by Crippen LogP contribution is 2.30. The molecule has 1 saturated carbocycles. The molecule has 0 saturated heterocycles. The van der Waals surface area contributed by atoms with Crippen LogP contribution in [-0.4, -0.2) is 15.2 Å². The molecule has 1 atom stereocenters. The van der Waals surface area contributed by atoms with Gasteiger partial charge in [0.2, 0.25) is 0 Å². The fourth-order valence-corrected chi connectivity index (χ4v) is 3.24. The zero-order chi connectivity index (χ0) is 7.78. The largest absolute Gasteiger partial charge is 0.253 e. The van der Waals surface area contributed by atoms with E-state index in [-0.39, 0.29) is 5.25 Å². The van der Waals surface area contributed by atoms with Gasteiger partial charge in [-0.2, -0.15) is 0 Å². The van der Waals surface area contributed by atoms with E-state index in [0.29, 0.717) is 11.7 Å². The van der Waals surface area contributed by atoms with Crippen molar-refractivity contribution >= 4 is 9.73 Å². The van der Waals surface area contributed by atoms with Crippen molar-refractivity contribution in [1.82, 2.24) is 0 Å². The Labute approximate surface area is 63.0 Å². The maximum Gasteiger partial charge on any atom is 0.0473 e. The van der Waals surface area contributed by atoms with Gasteiger partial charge in [0.25, 0.3) is 0 Å². The Morgan fingerprint density at radius 1 is 1.60 bits per heavy atom. The smallest absolute Gasteiger partial charge is 0.0473 e. The molecule has 1 N–H and O–H groups in total. The molecular formula is C7H15NOS. The second kappa shape index (κ2) is 2.53. The van der Waals surface area contributed by atoms with Gasteiger partial charge in [-0.05, 0) is 18.8 Å². The summed E-state index contributed by atoms with van der Waals surface area (Å²) >= 11 is 0. The highest BCUT2D eigenvalue weighted by atomic mass is 32.2. The van der Waals surface area contributed by atoms with Gasteiger partial charge in [-0.1, -0.05) is 13.8 Å². The lowest BCUT2D eigenvalue weighted by atomic mass is 10.3. The van der Waals surface area contributed by atoms with E-state index in [1.807, 2.05) is 13.8 Å². The van der Waals surface area contributed by atoms with Crippen LogP contribution in [0, 0.1) is 10.7 Å². The van der Waals surface area contributed by atoms with Gasteiger partial charge in [-0.15, -0.1) is 0 Å². The minimum Gasteiger partial charge on any atom is -0.253 e. The molecule has 0 bridgehead atoms. The van der Waals surface area contributed by atoms with Crippen molar-refractivity contribution in [2.24, 2.45) is 5.92 Å². The highest BCUT2D eigenvalue weighted by molar-refractivity contribution is 7.93. The predicted octanol–water partition coefficient (Wildman–Crippen LogP) is 1.85. The third kappa shape index (κ3) is 1.97. The van der Waals surface area contributed by atoms with Crippen LogP contribution in [0.1, 0.15) is 26.7 Å². The first kappa shape index (κ1) is 8.05. The SMILES string of the molecule is CC(C)C[S@@](=N)(=O)C1CC1. The van der Waals surface area contributed by atoms with E-state index in [4.69, 9.17) is 4.78 Å². The molecule has 0 amide bonds. The van der Waals surface area contributed by atoms with Gasteiger partial charge in [0, 0.05) is 20.7 Å². The summed E-state index contributed by atoms with van der Waals surface area (Å²) in [5.41, 5.74) is 0. The van der Waals surface area contributed by atoms with Crippen LogP contribution in [0.15, 0.2) is 0 Å². The van der Waals surface area contributed by atoms with Crippen molar-refractivity contribution in [3.05, 3.63) is 0 Å². The molecule has 0 aromatic carbocycles. The van der Waals surface area contributed by atoms with E-state index in [0.717, 1.165) is 12.8 Å². The van der Waals surface area contributed by atoms with Crippen molar-refractivity contribution in [2.75, 3.05) is 5.75 Å². The zero-order valence-electron chi connectivity index (χ0n) is 6.59. The third-order valence-corrected chi connectivity index (χ3v) is 4.35. The van der Waals surface area contributed by atoms with Crippen LogP contribution in [0.5, 0.6) is 0 Å². The average molecular weight is 161 g/mol. The van der Waals surface area contributed by atoms with E-state index in [1.165, 1.54) is 0 Å². The van der Waals surface area contributed by atoms with Gasteiger partial charge in [0.05, 0.1) is 0 Å². The Bertz CT molecular complexity index is 202. The second-order valence-electron chi connectivity index (χ2n) is 3.49. The fourth-order valence-electron chi connectivity index (χ4n) is 1.08. The summed E-state index contributed by atoms with van der Waals surface area (Å²) in [4.78, 5) is 0. The van der Waals surface area contributed by atoms with E-state index < -0.39 is 9.73 Å². The number of nitrogens with one attached hydrogen (secondary N) is 1. The van der Waals surface area contributed by atoms with Crippen LogP contribution >= 0.6 is 0 Å². The van der Waals surface area contributed by atoms with Crippen molar-refractivity contribution in [1.29, 1.82) is 4.78 Å². The first-order valence-corrected chi connectivity index (χ1v) is 5.56. The number of hydrogen-bond acceptors (Lipinski definition) is 2. The molecule has 1 aliphatic carbocycles. The molecule has 10 heavy (non-hydrogen) atoms. The molecule has 0 aromatic rings. The third-order valence-electron chi connectivity index (χ3n) is 1.64. The molecular weight excluding hydrogens is 146 g/mol. The summed E-state index contributed by atoms with van der Waals surface area (Å²) in [6.45, 7) is 4.05. The van der Waals surface area contributed by atoms with Crippen molar-refractivity contribution in [3.63, 3.8) is 0 Å². The van der Waals surface area contributed by atoms with Gasteiger partial charge >= 0.3 is 0 Å². The van der Waals surface area contributed by atoms with Crippen LogP contribution in [0.25, 0.3) is 0 Å². The van der Waals surface area contributed by atoms with E-state index in [2.05, 4.69) is 0 Å². The first-order valence-electron chi connectivity index (χ1n) is 3.77.